The molecule has 1 rings (SSSR count). The average molecular weight is 358 g/mol. The number of halogens is 1. The van der Waals surface area contributed by atoms with Gasteiger partial charge in [0.25, 0.3) is 0 Å². The van der Waals surface area contributed by atoms with Crippen LogP contribution in [-0.4, -0.2) is 12.1 Å². The van der Waals surface area contributed by atoms with Crippen molar-refractivity contribution in [2.75, 3.05) is 0 Å². The first-order chi connectivity index (χ1) is 8.74. The maximum Gasteiger partial charge on any atom is 0.240 e. The van der Waals surface area contributed by atoms with Gasteiger partial charge in [0.2, 0.25) is 5.91 Å². The van der Waals surface area contributed by atoms with Crippen LogP contribution in [-0.2, 0) is 4.79 Å². The molecule has 1 aromatic carbocycles. The molecule has 0 unspecified atom stereocenters. The van der Waals surface area contributed by atoms with Gasteiger partial charge < -0.3 is 0 Å². The lowest BCUT2D eigenvalue weighted by molar-refractivity contribution is -0.121. The monoisotopic (exact) mass is 358 g/mol. The van der Waals surface area contributed by atoms with Crippen molar-refractivity contribution < 1.29 is 4.79 Å². The zero-order valence-electron chi connectivity index (χ0n) is 10.7. The van der Waals surface area contributed by atoms with E-state index in [1.807, 2.05) is 24.3 Å². The van der Waals surface area contributed by atoms with Crippen LogP contribution in [0.1, 0.15) is 44.6 Å². The number of unbranched alkanes of at least 4 members (excludes halogenated alkanes) is 3. The third-order valence-electron chi connectivity index (χ3n) is 2.56. The molecule has 0 spiro atoms. The number of hydrogen-bond donors (Lipinski definition) is 1. The van der Waals surface area contributed by atoms with Gasteiger partial charge in [0.15, 0.2) is 0 Å². The highest BCUT2D eigenvalue weighted by molar-refractivity contribution is 14.1. The first-order valence-electron chi connectivity index (χ1n) is 6.30. The Morgan fingerprint density at radius 3 is 2.83 bits per heavy atom. The minimum atomic E-state index is -0.00621. The average Bonchev–Trinajstić information content (AvgIpc) is 2.37. The van der Waals surface area contributed by atoms with Crippen molar-refractivity contribution >= 4 is 34.7 Å². The molecule has 18 heavy (non-hydrogen) atoms. The topological polar surface area (TPSA) is 41.5 Å². The quantitative estimate of drug-likeness (QED) is 0.343. The van der Waals surface area contributed by atoms with Crippen LogP contribution in [0.15, 0.2) is 29.4 Å². The summed E-state index contributed by atoms with van der Waals surface area (Å²) in [7, 11) is 0. The van der Waals surface area contributed by atoms with Gasteiger partial charge in [-0.25, -0.2) is 5.43 Å². The second-order valence-electron chi connectivity index (χ2n) is 4.13. The molecule has 0 atom stereocenters. The number of carbonyl (C=O) groups is 1. The standard InChI is InChI=1S/C14H19IN2O/c1-2-3-4-5-10-14(18)17-16-11-12-8-6-7-9-13(12)15/h6-9,11H,2-5,10H2,1H3,(H,17,18)/b16-11+. The Labute approximate surface area is 122 Å². The Kier molecular flexibility index (Phi) is 7.64. The predicted molar refractivity (Wildman–Crippen MR) is 83.7 cm³/mol. The molecule has 1 amide bonds. The lowest BCUT2D eigenvalue weighted by Gasteiger charge is -2.00. The van der Waals surface area contributed by atoms with Gasteiger partial charge in [-0.3, -0.25) is 4.79 Å². The van der Waals surface area contributed by atoms with Crippen LogP contribution in [0.4, 0.5) is 0 Å². The van der Waals surface area contributed by atoms with E-state index in [0.29, 0.717) is 6.42 Å². The Morgan fingerprint density at radius 1 is 1.33 bits per heavy atom. The molecule has 98 valence electrons. The summed E-state index contributed by atoms with van der Waals surface area (Å²) in [4.78, 5) is 11.5. The van der Waals surface area contributed by atoms with Crippen LogP contribution >= 0.6 is 22.6 Å². The number of nitrogens with one attached hydrogen (secondary N) is 1. The van der Waals surface area contributed by atoms with Gasteiger partial charge in [-0.05, 0) is 35.1 Å². The van der Waals surface area contributed by atoms with Crippen LogP contribution in [0, 0.1) is 3.57 Å². The summed E-state index contributed by atoms with van der Waals surface area (Å²) in [5.74, 6) is -0.00621. The molecule has 1 N–H and O–H groups in total. The number of amides is 1. The van der Waals surface area contributed by atoms with Gasteiger partial charge in [-0.1, -0.05) is 44.4 Å². The maximum absolute atomic E-state index is 11.5. The van der Waals surface area contributed by atoms with E-state index in [0.717, 1.165) is 22.0 Å². The molecule has 0 aliphatic carbocycles. The molecule has 0 radical (unpaired) electrons. The highest BCUT2D eigenvalue weighted by Gasteiger charge is 1.99. The summed E-state index contributed by atoms with van der Waals surface area (Å²) in [6.45, 7) is 2.16. The van der Waals surface area contributed by atoms with Gasteiger partial charge in [0.1, 0.15) is 0 Å². The van der Waals surface area contributed by atoms with Gasteiger partial charge in [0, 0.05) is 15.6 Å². The molecule has 1 aromatic rings. The fourth-order valence-electron chi connectivity index (χ4n) is 1.52. The van der Waals surface area contributed by atoms with Crippen LogP contribution in [0.5, 0.6) is 0 Å². The largest absolute Gasteiger partial charge is 0.273 e. The van der Waals surface area contributed by atoms with Crippen molar-refractivity contribution in [3.8, 4) is 0 Å². The van der Waals surface area contributed by atoms with Gasteiger partial charge >= 0.3 is 0 Å². The molecule has 0 aromatic heterocycles. The van der Waals surface area contributed by atoms with Crippen molar-refractivity contribution in [3.05, 3.63) is 33.4 Å². The highest BCUT2D eigenvalue weighted by atomic mass is 127. The Morgan fingerprint density at radius 2 is 2.11 bits per heavy atom. The summed E-state index contributed by atoms with van der Waals surface area (Å²) >= 11 is 2.25. The molecule has 0 bridgehead atoms. The van der Waals surface area contributed by atoms with E-state index in [1.54, 1.807) is 6.21 Å². The number of hydrogen-bond acceptors (Lipinski definition) is 2. The third kappa shape index (κ3) is 6.14. The lowest BCUT2D eigenvalue weighted by Crippen LogP contribution is -2.16. The molecule has 0 aliphatic heterocycles. The molecule has 3 nitrogen and oxygen atoms in total. The number of benzene rings is 1. The molecule has 0 saturated heterocycles. The van der Waals surface area contributed by atoms with Crippen molar-refractivity contribution in [1.29, 1.82) is 0 Å². The first kappa shape index (κ1) is 15.1. The predicted octanol–water partition coefficient (Wildman–Crippen LogP) is 3.71. The van der Waals surface area contributed by atoms with E-state index < -0.39 is 0 Å². The van der Waals surface area contributed by atoms with Gasteiger partial charge in [-0.2, -0.15) is 5.10 Å². The van der Waals surface area contributed by atoms with Gasteiger partial charge in [0.05, 0.1) is 6.21 Å². The fraction of sp³-hybridized carbons (Fsp3) is 0.429. The van der Waals surface area contributed by atoms with Crippen molar-refractivity contribution in [1.82, 2.24) is 5.43 Å². The van der Waals surface area contributed by atoms with E-state index in [1.165, 1.54) is 12.8 Å². The zero-order valence-corrected chi connectivity index (χ0v) is 12.8. The minimum absolute atomic E-state index is 0.00621. The maximum atomic E-state index is 11.5. The second-order valence-corrected chi connectivity index (χ2v) is 5.29. The highest BCUT2D eigenvalue weighted by Crippen LogP contribution is 2.08. The second kappa shape index (κ2) is 9.08. The molecule has 0 fully saturated rings. The van der Waals surface area contributed by atoms with E-state index in [-0.39, 0.29) is 5.91 Å². The van der Waals surface area contributed by atoms with Crippen LogP contribution < -0.4 is 5.43 Å². The third-order valence-corrected chi connectivity index (χ3v) is 3.54. The number of carbonyl (C=O) groups excluding carboxylic acids is 1. The van der Waals surface area contributed by atoms with Crippen LogP contribution in [0.2, 0.25) is 0 Å². The van der Waals surface area contributed by atoms with Crippen LogP contribution in [0.3, 0.4) is 0 Å². The van der Waals surface area contributed by atoms with E-state index >= 15 is 0 Å². The first-order valence-corrected chi connectivity index (χ1v) is 7.38. The van der Waals surface area contributed by atoms with Crippen LogP contribution in [0.25, 0.3) is 0 Å². The molecular formula is C14H19IN2O. The molecule has 0 aliphatic rings. The summed E-state index contributed by atoms with van der Waals surface area (Å²) in [6.07, 6.45) is 6.68. The number of nitrogens with zero attached hydrogens (tertiary/aromatic N) is 1. The molecule has 4 heteroatoms. The Balaban J connectivity index is 2.28. The van der Waals surface area contributed by atoms with Gasteiger partial charge in [-0.15, -0.1) is 0 Å². The zero-order chi connectivity index (χ0) is 13.2. The van der Waals surface area contributed by atoms with E-state index in [4.69, 9.17) is 0 Å². The minimum Gasteiger partial charge on any atom is -0.273 e. The van der Waals surface area contributed by atoms with Crippen molar-refractivity contribution in [2.24, 2.45) is 5.10 Å². The smallest absolute Gasteiger partial charge is 0.240 e. The fourth-order valence-corrected chi connectivity index (χ4v) is 2.05. The van der Waals surface area contributed by atoms with E-state index in [9.17, 15) is 4.79 Å². The van der Waals surface area contributed by atoms with Crippen molar-refractivity contribution in [3.63, 3.8) is 0 Å². The normalized spacial score (nSPS) is 10.8. The number of hydrazone groups is 1. The Bertz CT molecular complexity index is 405. The molecular weight excluding hydrogens is 339 g/mol. The summed E-state index contributed by atoms with van der Waals surface area (Å²) in [5, 5.41) is 3.97. The lowest BCUT2D eigenvalue weighted by atomic mass is 10.1. The summed E-state index contributed by atoms with van der Waals surface area (Å²) < 4.78 is 1.12. The summed E-state index contributed by atoms with van der Waals surface area (Å²) in [6, 6.07) is 7.91. The Hall–Kier alpha value is -0.910. The molecule has 0 heterocycles. The molecule has 0 saturated carbocycles. The SMILES string of the molecule is CCCCCCC(=O)N/N=C/c1ccccc1I. The number of rotatable bonds is 7. The summed E-state index contributed by atoms with van der Waals surface area (Å²) in [5.41, 5.74) is 3.58. The van der Waals surface area contributed by atoms with E-state index in [2.05, 4.69) is 40.0 Å². The van der Waals surface area contributed by atoms with Crippen molar-refractivity contribution in [2.45, 2.75) is 39.0 Å².